The molecule has 1 N–H and O–H groups in total. The molecule has 3 nitrogen and oxygen atoms in total. The second-order valence-electron chi connectivity index (χ2n) is 5.55. The Morgan fingerprint density at radius 3 is 2.46 bits per heavy atom. The zero-order chi connectivity index (χ0) is 17.4. The third-order valence-corrected chi connectivity index (χ3v) is 5.19. The third kappa shape index (κ3) is 3.11. The predicted molar refractivity (Wildman–Crippen MR) is 96.2 cm³/mol. The number of rotatable bonds is 3. The molecule has 6 heteroatoms. The van der Waals surface area contributed by atoms with Crippen LogP contribution in [0.1, 0.15) is 28.6 Å². The number of aliphatic hydroxyl groups excluding tert-OH is 1. The Morgan fingerprint density at radius 2 is 1.83 bits per heavy atom. The van der Waals surface area contributed by atoms with Crippen LogP contribution < -0.4 is 0 Å². The lowest BCUT2D eigenvalue weighted by Crippen LogP contribution is -2.04. The zero-order valence-corrected chi connectivity index (χ0v) is 15.4. The summed E-state index contributed by atoms with van der Waals surface area (Å²) in [7, 11) is 0. The van der Waals surface area contributed by atoms with Crippen molar-refractivity contribution in [2.24, 2.45) is 0 Å². The van der Waals surface area contributed by atoms with Crippen LogP contribution in [0.3, 0.4) is 0 Å². The van der Waals surface area contributed by atoms with Crippen LogP contribution in [0.25, 0.3) is 5.69 Å². The minimum atomic E-state index is -0.870. The first-order chi connectivity index (χ1) is 11.4. The first-order valence-electron chi connectivity index (χ1n) is 7.33. The summed E-state index contributed by atoms with van der Waals surface area (Å²) in [6.45, 7) is 3.73. The average molecular weight is 410 g/mol. The van der Waals surface area contributed by atoms with E-state index in [0.717, 1.165) is 15.9 Å². The zero-order valence-electron chi connectivity index (χ0n) is 13.1. The Labute approximate surface area is 152 Å². The van der Waals surface area contributed by atoms with E-state index in [2.05, 4.69) is 21.0 Å². The van der Waals surface area contributed by atoms with Gasteiger partial charge < -0.3 is 5.11 Å². The average Bonchev–Trinajstić information content (AvgIpc) is 2.85. The topological polar surface area (TPSA) is 38.0 Å². The maximum absolute atomic E-state index is 13.1. The van der Waals surface area contributed by atoms with Crippen molar-refractivity contribution in [2.75, 3.05) is 0 Å². The Balaban J connectivity index is 2.05. The molecule has 0 aliphatic heterocycles. The van der Waals surface area contributed by atoms with Crippen molar-refractivity contribution in [1.82, 2.24) is 9.78 Å². The van der Waals surface area contributed by atoms with Crippen molar-refractivity contribution < 1.29 is 9.50 Å². The summed E-state index contributed by atoms with van der Waals surface area (Å²) in [5.41, 5.74) is 3.66. The van der Waals surface area contributed by atoms with Crippen molar-refractivity contribution >= 4 is 27.5 Å². The molecule has 24 heavy (non-hydrogen) atoms. The standard InChI is InChI=1S/C18H15BrClFN2O/c1-10-17(18(24)12-3-5-13(21)6-4-12)11(2)23(22-10)14-7-8-15(19)16(20)9-14/h3-9,18,24H,1-2H3. The van der Waals surface area contributed by atoms with E-state index in [4.69, 9.17) is 11.6 Å². The van der Waals surface area contributed by atoms with Crippen LogP contribution >= 0.6 is 27.5 Å². The van der Waals surface area contributed by atoms with Gasteiger partial charge in [-0.05, 0) is 65.7 Å². The van der Waals surface area contributed by atoms with Gasteiger partial charge in [-0.1, -0.05) is 23.7 Å². The van der Waals surface area contributed by atoms with Crippen molar-refractivity contribution in [1.29, 1.82) is 0 Å². The molecule has 0 aliphatic rings. The summed E-state index contributed by atoms with van der Waals surface area (Å²) in [6, 6.07) is 11.4. The van der Waals surface area contributed by atoms with Crippen molar-refractivity contribution in [3.8, 4) is 5.69 Å². The van der Waals surface area contributed by atoms with Gasteiger partial charge in [0, 0.05) is 15.7 Å². The molecule has 1 heterocycles. The smallest absolute Gasteiger partial charge is 0.123 e. The molecule has 0 radical (unpaired) electrons. The van der Waals surface area contributed by atoms with E-state index in [-0.39, 0.29) is 5.82 Å². The Bertz CT molecular complexity index is 893. The highest BCUT2D eigenvalue weighted by atomic mass is 79.9. The van der Waals surface area contributed by atoms with Crippen LogP contribution in [-0.4, -0.2) is 14.9 Å². The van der Waals surface area contributed by atoms with Gasteiger partial charge in [0.05, 0.1) is 16.4 Å². The number of aromatic nitrogens is 2. The lowest BCUT2D eigenvalue weighted by Gasteiger charge is -2.12. The molecule has 0 bridgehead atoms. The van der Waals surface area contributed by atoms with Crippen LogP contribution in [0.2, 0.25) is 5.02 Å². The second kappa shape index (κ2) is 6.67. The van der Waals surface area contributed by atoms with Crippen molar-refractivity contribution in [3.05, 3.63) is 80.3 Å². The molecule has 0 fully saturated rings. The van der Waals surface area contributed by atoms with Gasteiger partial charge in [0.25, 0.3) is 0 Å². The fourth-order valence-electron chi connectivity index (χ4n) is 2.73. The highest BCUT2D eigenvalue weighted by Crippen LogP contribution is 2.31. The molecule has 3 rings (SSSR count). The number of benzene rings is 2. The normalized spacial score (nSPS) is 12.4. The number of halogens is 3. The number of aliphatic hydroxyl groups is 1. The van der Waals surface area contributed by atoms with Crippen LogP contribution in [0.4, 0.5) is 4.39 Å². The summed E-state index contributed by atoms with van der Waals surface area (Å²) in [5.74, 6) is -0.334. The number of hydrogen-bond acceptors (Lipinski definition) is 2. The molecule has 0 spiro atoms. The van der Waals surface area contributed by atoms with Gasteiger partial charge in [-0.3, -0.25) is 0 Å². The SMILES string of the molecule is Cc1nn(-c2ccc(Br)c(Cl)c2)c(C)c1C(O)c1ccc(F)cc1. The fraction of sp³-hybridized carbons (Fsp3) is 0.167. The highest BCUT2D eigenvalue weighted by molar-refractivity contribution is 9.10. The van der Waals surface area contributed by atoms with Crippen LogP contribution in [0.5, 0.6) is 0 Å². The highest BCUT2D eigenvalue weighted by Gasteiger charge is 2.21. The maximum Gasteiger partial charge on any atom is 0.123 e. The fourth-order valence-corrected chi connectivity index (χ4v) is 3.15. The molecular formula is C18H15BrClFN2O. The van der Waals surface area contributed by atoms with Crippen molar-refractivity contribution in [3.63, 3.8) is 0 Å². The van der Waals surface area contributed by atoms with Gasteiger partial charge in [-0.2, -0.15) is 5.10 Å². The Kier molecular flexibility index (Phi) is 4.76. The molecule has 1 unspecified atom stereocenters. The van der Waals surface area contributed by atoms with E-state index in [1.165, 1.54) is 12.1 Å². The minimum Gasteiger partial charge on any atom is -0.384 e. The van der Waals surface area contributed by atoms with Gasteiger partial charge in [0.15, 0.2) is 0 Å². The molecule has 1 atom stereocenters. The summed E-state index contributed by atoms with van der Waals surface area (Å²) in [4.78, 5) is 0. The van der Waals surface area contributed by atoms with E-state index in [9.17, 15) is 9.50 Å². The van der Waals surface area contributed by atoms with Gasteiger partial charge in [-0.15, -0.1) is 0 Å². The molecule has 2 aromatic carbocycles. The lowest BCUT2D eigenvalue weighted by molar-refractivity contribution is 0.218. The number of nitrogens with zero attached hydrogens (tertiary/aromatic N) is 2. The molecule has 0 saturated carbocycles. The monoisotopic (exact) mass is 408 g/mol. The first kappa shape index (κ1) is 17.1. The first-order valence-corrected chi connectivity index (χ1v) is 8.50. The molecule has 0 aliphatic carbocycles. The predicted octanol–water partition coefficient (Wildman–Crippen LogP) is 5.13. The van der Waals surface area contributed by atoms with Crippen LogP contribution in [0, 0.1) is 19.7 Å². The maximum atomic E-state index is 13.1. The molecule has 3 aromatic rings. The van der Waals surface area contributed by atoms with E-state index >= 15 is 0 Å². The Morgan fingerprint density at radius 1 is 1.17 bits per heavy atom. The van der Waals surface area contributed by atoms with Crippen molar-refractivity contribution in [2.45, 2.75) is 20.0 Å². The van der Waals surface area contributed by atoms with E-state index < -0.39 is 6.10 Å². The molecule has 1 aromatic heterocycles. The van der Waals surface area contributed by atoms with E-state index in [1.807, 2.05) is 26.0 Å². The molecule has 124 valence electrons. The number of hydrogen-bond donors (Lipinski definition) is 1. The lowest BCUT2D eigenvalue weighted by atomic mass is 10.00. The second-order valence-corrected chi connectivity index (χ2v) is 6.81. The molecular weight excluding hydrogens is 395 g/mol. The van der Waals surface area contributed by atoms with Gasteiger partial charge in [-0.25, -0.2) is 9.07 Å². The summed E-state index contributed by atoms with van der Waals surface area (Å²) in [5, 5.41) is 15.8. The summed E-state index contributed by atoms with van der Waals surface area (Å²) >= 11 is 9.53. The third-order valence-electron chi connectivity index (χ3n) is 3.95. The quantitative estimate of drug-likeness (QED) is 0.651. The van der Waals surface area contributed by atoms with Gasteiger partial charge in [0.2, 0.25) is 0 Å². The number of aryl methyl sites for hydroxylation is 1. The van der Waals surface area contributed by atoms with Crippen LogP contribution in [-0.2, 0) is 0 Å². The summed E-state index contributed by atoms with van der Waals surface area (Å²) in [6.07, 6.45) is -0.870. The largest absolute Gasteiger partial charge is 0.384 e. The van der Waals surface area contributed by atoms with E-state index in [1.54, 1.807) is 22.9 Å². The van der Waals surface area contributed by atoms with Gasteiger partial charge >= 0.3 is 0 Å². The van der Waals surface area contributed by atoms with E-state index in [0.29, 0.717) is 21.8 Å². The minimum absolute atomic E-state index is 0.334. The molecule has 0 amide bonds. The summed E-state index contributed by atoms with van der Waals surface area (Å²) < 4.78 is 15.6. The molecule has 0 saturated heterocycles. The van der Waals surface area contributed by atoms with Gasteiger partial charge in [0.1, 0.15) is 11.9 Å². The van der Waals surface area contributed by atoms with Crippen LogP contribution in [0.15, 0.2) is 46.9 Å². The Hall–Kier alpha value is -1.69.